The summed E-state index contributed by atoms with van der Waals surface area (Å²) in [6.45, 7) is 0. The number of rotatable bonds is 10. The van der Waals surface area contributed by atoms with Crippen molar-refractivity contribution in [2.75, 3.05) is 0 Å². The van der Waals surface area contributed by atoms with Gasteiger partial charge in [-0.3, -0.25) is 40.4 Å². The number of imide groups is 4. The van der Waals surface area contributed by atoms with Crippen molar-refractivity contribution in [2.24, 2.45) is 22.7 Å². The molecule has 1 aliphatic carbocycles. The molecule has 42 heavy (non-hydrogen) atoms. The molecule has 2 aromatic carbocycles. The Bertz CT molecular complexity index is 1220. The molecule has 1 saturated carbocycles. The van der Waals surface area contributed by atoms with Crippen LogP contribution < -0.4 is 21.3 Å². The van der Waals surface area contributed by atoms with E-state index >= 15 is 0 Å². The third-order valence-electron chi connectivity index (χ3n) is 9.25. The van der Waals surface area contributed by atoms with E-state index in [0.29, 0.717) is 51.4 Å². The number of hydrogen-bond donors (Lipinski definition) is 4. The lowest BCUT2D eigenvalue weighted by atomic mass is 9.65. The fourth-order valence-electron chi connectivity index (χ4n) is 6.82. The SMILES string of the molecule is O=C1NC(=O)C(CCc2ccccc2)(CC2CCC(CC3(CCc4ccccc4)C(=O)NC(=O)NC3=O)CC2)C(=O)N1. The van der Waals surface area contributed by atoms with Crippen LogP contribution in [0.25, 0.3) is 0 Å². The highest BCUT2D eigenvalue weighted by Crippen LogP contribution is 2.45. The van der Waals surface area contributed by atoms with Crippen molar-refractivity contribution in [1.82, 2.24) is 21.3 Å². The smallest absolute Gasteiger partial charge is 0.277 e. The lowest BCUT2D eigenvalue weighted by Gasteiger charge is -2.41. The van der Waals surface area contributed by atoms with Gasteiger partial charge in [0.2, 0.25) is 23.6 Å². The zero-order chi connectivity index (χ0) is 29.7. The third kappa shape index (κ3) is 6.12. The lowest BCUT2D eigenvalue weighted by molar-refractivity contribution is -0.149. The Hall–Kier alpha value is -4.34. The average Bonchev–Trinajstić information content (AvgIpc) is 2.97. The third-order valence-corrected chi connectivity index (χ3v) is 9.25. The van der Waals surface area contributed by atoms with Gasteiger partial charge in [-0.25, -0.2) is 9.59 Å². The van der Waals surface area contributed by atoms with E-state index in [9.17, 15) is 28.8 Å². The normalized spacial score (nSPS) is 23.4. The molecular formula is C32H36N4O6. The second kappa shape index (κ2) is 12.3. The first-order valence-electron chi connectivity index (χ1n) is 14.6. The van der Waals surface area contributed by atoms with Gasteiger partial charge >= 0.3 is 12.1 Å². The summed E-state index contributed by atoms with van der Waals surface area (Å²) in [7, 11) is 0. The van der Waals surface area contributed by atoms with Gasteiger partial charge in [0.15, 0.2) is 0 Å². The number of carbonyl (C=O) groups excluding carboxylic acids is 6. The molecular weight excluding hydrogens is 536 g/mol. The number of nitrogens with one attached hydrogen (secondary N) is 4. The summed E-state index contributed by atoms with van der Waals surface area (Å²) in [6.07, 6.45) is 5.05. The predicted molar refractivity (Wildman–Crippen MR) is 152 cm³/mol. The van der Waals surface area contributed by atoms with Crippen LogP contribution in [0, 0.1) is 22.7 Å². The summed E-state index contributed by atoms with van der Waals surface area (Å²) in [4.78, 5) is 76.5. The highest BCUT2D eigenvalue weighted by molar-refractivity contribution is 6.20. The molecule has 2 aliphatic heterocycles. The topological polar surface area (TPSA) is 151 Å². The Morgan fingerprint density at radius 2 is 0.810 bits per heavy atom. The average molecular weight is 573 g/mol. The van der Waals surface area contributed by atoms with E-state index in [2.05, 4.69) is 21.3 Å². The fraction of sp³-hybridized carbons (Fsp3) is 0.438. The van der Waals surface area contributed by atoms with Crippen LogP contribution in [-0.2, 0) is 32.0 Å². The van der Waals surface area contributed by atoms with Gasteiger partial charge in [0.1, 0.15) is 10.8 Å². The fourth-order valence-corrected chi connectivity index (χ4v) is 6.82. The van der Waals surface area contributed by atoms with E-state index in [4.69, 9.17) is 0 Å². The molecule has 2 saturated heterocycles. The minimum absolute atomic E-state index is 0.0533. The van der Waals surface area contributed by atoms with Gasteiger partial charge in [-0.2, -0.15) is 0 Å². The van der Waals surface area contributed by atoms with Gasteiger partial charge in [0, 0.05) is 0 Å². The maximum Gasteiger partial charge on any atom is 0.328 e. The number of benzene rings is 2. The zero-order valence-electron chi connectivity index (χ0n) is 23.4. The molecule has 0 spiro atoms. The van der Waals surface area contributed by atoms with E-state index in [1.54, 1.807) is 0 Å². The van der Waals surface area contributed by atoms with Crippen LogP contribution >= 0.6 is 0 Å². The van der Waals surface area contributed by atoms with Crippen molar-refractivity contribution in [3.8, 4) is 0 Å². The molecule has 2 heterocycles. The number of carbonyl (C=O) groups is 6. The highest BCUT2D eigenvalue weighted by atomic mass is 16.2. The van der Waals surface area contributed by atoms with E-state index in [-0.39, 0.29) is 24.7 Å². The molecule has 2 aromatic rings. The number of barbiturate groups is 2. The van der Waals surface area contributed by atoms with Crippen molar-refractivity contribution in [1.29, 1.82) is 0 Å². The monoisotopic (exact) mass is 572 g/mol. The molecule has 0 aromatic heterocycles. The van der Waals surface area contributed by atoms with Crippen LogP contribution in [0.5, 0.6) is 0 Å². The summed E-state index contributed by atoms with van der Waals surface area (Å²) in [5.41, 5.74) is -0.716. The zero-order valence-corrected chi connectivity index (χ0v) is 23.4. The summed E-state index contributed by atoms with van der Waals surface area (Å²) in [5.74, 6) is -2.14. The van der Waals surface area contributed by atoms with Gasteiger partial charge in [-0.05, 0) is 61.5 Å². The molecule has 5 rings (SSSR count). The second-order valence-electron chi connectivity index (χ2n) is 11.9. The van der Waals surface area contributed by atoms with Gasteiger partial charge in [0.25, 0.3) is 0 Å². The Labute approximate surface area is 244 Å². The Balaban J connectivity index is 1.27. The lowest BCUT2D eigenvalue weighted by Crippen LogP contribution is -2.63. The maximum absolute atomic E-state index is 13.2. The van der Waals surface area contributed by atoms with Crippen molar-refractivity contribution < 1.29 is 28.8 Å². The van der Waals surface area contributed by atoms with Crippen LogP contribution in [0.2, 0.25) is 0 Å². The van der Waals surface area contributed by atoms with Crippen LogP contribution in [0.3, 0.4) is 0 Å². The van der Waals surface area contributed by atoms with E-state index < -0.39 is 46.5 Å². The second-order valence-corrected chi connectivity index (χ2v) is 11.9. The summed E-state index contributed by atoms with van der Waals surface area (Å²) < 4.78 is 0. The largest absolute Gasteiger partial charge is 0.328 e. The summed E-state index contributed by atoms with van der Waals surface area (Å²) >= 11 is 0. The van der Waals surface area contributed by atoms with Crippen molar-refractivity contribution >= 4 is 35.7 Å². The Kier molecular flexibility index (Phi) is 8.51. The molecule has 4 N–H and O–H groups in total. The molecule has 10 nitrogen and oxygen atoms in total. The molecule has 3 aliphatic rings. The molecule has 0 radical (unpaired) electrons. The van der Waals surface area contributed by atoms with Crippen LogP contribution in [-0.4, -0.2) is 35.7 Å². The number of amides is 8. The standard InChI is InChI=1S/C32H36N4O6/c37-25-31(26(38)34-29(41)33-25,17-15-21-7-3-1-4-8-21)19-23-11-13-24(14-12-23)20-32(18-16-22-9-5-2-6-10-22)27(39)35-30(42)36-28(32)40/h1-10,23-24H,11-20H2,(H2,33,34,37,38,41)(H2,35,36,39,40,42). The van der Waals surface area contributed by atoms with Gasteiger partial charge < -0.3 is 0 Å². The Morgan fingerprint density at radius 1 is 0.500 bits per heavy atom. The van der Waals surface area contributed by atoms with Gasteiger partial charge in [0.05, 0.1) is 0 Å². The summed E-state index contributed by atoms with van der Waals surface area (Å²) in [5, 5.41) is 9.24. The van der Waals surface area contributed by atoms with Gasteiger partial charge in [-0.15, -0.1) is 0 Å². The summed E-state index contributed by atoms with van der Waals surface area (Å²) in [6, 6.07) is 17.6. The minimum atomic E-state index is -1.36. The molecule has 0 atom stereocenters. The molecule has 10 heteroatoms. The van der Waals surface area contributed by atoms with E-state index in [1.807, 2.05) is 60.7 Å². The maximum atomic E-state index is 13.2. The van der Waals surface area contributed by atoms with Crippen LogP contribution in [0.4, 0.5) is 9.59 Å². The first kappa shape index (κ1) is 29.2. The highest BCUT2D eigenvalue weighted by Gasteiger charge is 2.53. The van der Waals surface area contributed by atoms with Crippen molar-refractivity contribution in [3.63, 3.8) is 0 Å². The number of aryl methyl sites for hydroxylation is 2. The van der Waals surface area contributed by atoms with E-state index in [0.717, 1.165) is 11.1 Å². The predicted octanol–water partition coefficient (Wildman–Crippen LogP) is 3.54. The van der Waals surface area contributed by atoms with Gasteiger partial charge in [-0.1, -0.05) is 86.3 Å². The molecule has 0 unspecified atom stereocenters. The van der Waals surface area contributed by atoms with E-state index in [1.165, 1.54) is 0 Å². The molecule has 220 valence electrons. The first-order chi connectivity index (χ1) is 20.2. The van der Waals surface area contributed by atoms with Crippen LogP contribution in [0.15, 0.2) is 60.7 Å². The molecule has 8 amide bonds. The minimum Gasteiger partial charge on any atom is -0.277 e. The van der Waals surface area contributed by atoms with Crippen molar-refractivity contribution in [2.45, 2.75) is 64.2 Å². The molecule has 0 bridgehead atoms. The number of urea groups is 2. The Morgan fingerprint density at radius 3 is 1.12 bits per heavy atom. The first-order valence-corrected chi connectivity index (χ1v) is 14.6. The molecule has 3 fully saturated rings. The quantitative estimate of drug-likeness (QED) is 0.320. The number of hydrogen-bond acceptors (Lipinski definition) is 6. The van der Waals surface area contributed by atoms with Crippen LogP contribution in [0.1, 0.15) is 62.5 Å². The van der Waals surface area contributed by atoms with Crippen molar-refractivity contribution in [3.05, 3.63) is 71.8 Å².